The summed E-state index contributed by atoms with van der Waals surface area (Å²) in [5, 5.41) is 0. The van der Waals surface area contributed by atoms with E-state index in [9.17, 15) is 22.8 Å². The van der Waals surface area contributed by atoms with Gasteiger partial charge in [-0.3, -0.25) is 9.59 Å². The molecule has 1 aromatic carbocycles. The highest BCUT2D eigenvalue weighted by Crippen LogP contribution is 2.32. The number of halogens is 3. The number of esters is 2. The number of hydrogen-bond acceptors (Lipinski definition) is 4. The minimum Gasteiger partial charge on any atom is -0.465 e. The van der Waals surface area contributed by atoms with Crippen LogP contribution in [-0.2, 0) is 31.8 Å². The van der Waals surface area contributed by atoms with Gasteiger partial charge in [0.05, 0.1) is 25.0 Å². The van der Waals surface area contributed by atoms with Crippen LogP contribution in [0.15, 0.2) is 24.3 Å². The molecular formula is C16H19F3O4. The van der Waals surface area contributed by atoms with Crippen molar-refractivity contribution < 1.29 is 32.2 Å². The van der Waals surface area contributed by atoms with Crippen LogP contribution in [0.4, 0.5) is 13.2 Å². The lowest BCUT2D eigenvalue weighted by atomic mass is 10.1. The van der Waals surface area contributed by atoms with Crippen molar-refractivity contribution in [1.29, 1.82) is 0 Å². The van der Waals surface area contributed by atoms with Crippen LogP contribution < -0.4 is 0 Å². The van der Waals surface area contributed by atoms with Crippen molar-refractivity contribution in [2.24, 2.45) is 5.92 Å². The highest BCUT2D eigenvalue weighted by molar-refractivity contribution is 5.77. The number of ether oxygens (including phenoxy) is 2. The van der Waals surface area contributed by atoms with Gasteiger partial charge in [-0.25, -0.2) is 0 Å². The number of benzene rings is 1. The Morgan fingerprint density at radius 1 is 1.04 bits per heavy atom. The van der Waals surface area contributed by atoms with Crippen molar-refractivity contribution >= 4 is 11.9 Å². The summed E-state index contributed by atoms with van der Waals surface area (Å²) in [6, 6.07) is 4.86. The zero-order chi connectivity index (χ0) is 17.5. The maximum atomic E-state index is 12.8. The van der Waals surface area contributed by atoms with Gasteiger partial charge in [-0.1, -0.05) is 32.0 Å². The Balaban J connectivity index is 2.44. The van der Waals surface area contributed by atoms with Crippen LogP contribution in [0.2, 0.25) is 0 Å². The number of alkyl halides is 3. The van der Waals surface area contributed by atoms with Crippen LogP contribution in [0, 0.1) is 5.92 Å². The van der Waals surface area contributed by atoms with Gasteiger partial charge in [-0.2, -0.15) is 13.2 Å². The summed E-state index contributed by atoms with van der Waals surface area (Å²) in [7, 11) is 0. The second-order valence-electron chi connectivity index (χ2n) is 5.39. The van der Waals surface area contributed by atoms with E-state index in [1.807, 2.05) is 13.8 Å². The first-order chi connectivity index (χ1) is 10.7. The van der Waals surface area contributed by atoms with Crippen LogP contribution in [0.25, 0.3) is 0 Å². The zero-order valence-corrected chi connectivity index (χ0v) is 13.0. The number of hydrogen-bond donors (Lipinski definition) is 0. The summed E-state index contributed by atoms with van der Waals surface area (Å²) < 4.78 is 48.0. The van der Waals surface area contributed by atoms with Gasteiger partial charge in [-0.15, -0.1) is 0 Å². The SMILES string of the molecule is CC(C)COC(=O)CCC(=O)OCc1ccccc1C(F)(F)F. The molecular weight excluding hydrogens is 313 g/mol. The van der Waals surface area contributed by atoms with Crippen LogP contribution in [-0.4, -0.2) is 18.5 Å². The van der Waals surface area contributed by atoms with E-state index in [1.165, 1.54) is 18.2 Å². The Morgan fingerprint density at radius 2 is 1.61 bits per heavy atom. The van der Waals surface area contributed by atoms with Crippen LogP contribution in [0.1, 0.15) is 37.8 Å². The molecule has 0 aliphatic carbocycles. The average Bonchev–Trinajstić information content (AvgIpc) is 2.48. The lowest BCUT2D eigenvalue weighted by molar-refractivity contribution is -0.152. The molecule has 1 rings (SSSR count). The number of carbonyl (C=O) groups excluding carboxylic acids is 2. The maximum absolute atomic E-state index is 12.8. The van der Waals surface area contributed by atoms with E-state index in [4.69, 9.17) is 9.47 Å². The highest BCUT2D eigenvalue weighted by atomic mass is 19.4. The lowest BCUT2D eigenvalue weighted by Gasteiger charge is -2.12. The third-order valence-corrected chi connectivity index (χ3v) is 2.82. The molecule has 0 spiro atoms. The van der Waals surface area contributed by atoms with Crippen molar-refractivity contribution in [3.05, 3.63) is 35.4 Å². The topological polar surface area (TPSA) is 52.6 Å². The Labute approximate surface area is 132 Å². The summed E-state index contributed by atoms with van der Waals surface area (Å²) in [4.78, 5) is 22.8. The fourth-order valence-electron chi connectivity index (χ4n) is 1.69. The molecule has 0 saturated carbocycles. The molecule has 0 saturated heterocycles. The number of carbonyl (C=O) groups is 2. The Hall–Kier alpha value is -2.05. The molecule has 7 heteroatoms. The molecule has 4 nitrogen and oxygen atoms in total. The highest BCUT2D eigenvalue weighted by Gasteiger charge is 2.33. The van der Waals surface area contributed by atoms with E-state index < -0.39 is 30.3 Å². The van der Waals surface area contributed by atoms with E-state index >= 15 is 0 Å². The van der Waals surface area contributed by atoms with Crippen LogP contribution in [0.5, 0.6) is 0 Å². The normalized spacial score (nSPS) is 11.4. The van der Waals surface area contributed by atoms with Crippen molar-refractivity contribution in [3.63, 3.8) is 0 Å². The Bertz CT molecular complexity index is 538. The molecule has 0 amide bonds. The zero-order valence-electron chi connectivity index (χ0n) is 13.0. The standard InChI is InChI=1S/C16H19F3O4/c1-11(2)9-22-14(20)7-8-15(21)23-10-12-5-3-4-6-13(12)16(17,18)19/h3-6,11H,7-10H2,1-2H3. The second kappa shape index (κ2) is 8.55. The second-order valence-corrected chi connectivity index (χ2v) is 5.39. The van der Waals surface area contributed by atoms with E-state index in [0.29, 0.717) is 0 Å². The third-order valence-electron chi connectivity index (χ3n) is 2.82. The molecule has 0 atom stereocenters. The lowest BCUT2D eigenvalue weighted by Crippen LogP contribution is -2.14. The van der Waals surface area contributed by atoms with Gasteiger partial charge in [0.25, 0.3) is 0 Å². The summed E-state index contributed by atoms with van der Waals surface area (Å²) >= 11 is 0. The van der Waals surface area contributed by atoms with Gasteiger partial charge in [-0.05, 0) is 12.0 Å². The molecule has 0 aliphatic rings. The van der Waals surface area contributed by atoms with Crippen molar-refractivity contribution in [2.75, 3.05) is 6.61 Å². The molecule has 1 aromatic rings. The predicted octanol–water partition coefficient (Wildman–Crippen LogP) is 3.73. The summed E-state index contributed by atoms with van der Waals surface area (Å²) in [6.07, 6.45) is -4.90. The molecule has 0 fully saturated rings. The molecule has 0 heterocycles. The third kappa shape index (κ3) is 7.17. The predicted molar refractivity (Wildman–Crippen MR) is 76.3 cm³/mol. The first-order valence-corrected chi connectivity index (χ1v) is 7.16. The largest absolute Gasteiger partial charge is 0.465 e. The molecule has 0 aromatic heterocycles. The summed E-state index contributed by atoms with van der Waals surface area (Å²) in [6.45, 7) is 3.52. The van der Waals surface area contributed by atoms with E-state index in [1.54, 1.807) is 0 Å². The molecule has 0 radical (unpaired) electrons. The molecule has 23 heavy (non-hydrogen) atoms. The van der Waals surface area contributed by atoms with E-state index in [2.05, 4.69) is 0 Å². The fourth-order valence-corrected chi connectivity index (χ4v) is 1.69. The van der Waals surface area contributed by atoms with Gasteiger partial charge in [0.1, 0.15) is 6.61 Å². The fraction of sp³-hybridized carbons (Fsp3) is 0.500. The quantitative estimate of drug-likeness (QED) is 0.714. The Kier molecular flexibility index (Phi) is 7.06. The van der Waals surface area contributed by atoms with Crippen molar-refractivity contribution in [2.45, 2.75) is 39.5 Å². The van der Waals surface area contributed by atoms with Crippen molar-refractivity contribution in [3.8, 4) is 0 Å². The minimum absolute atomic E-state index is 0.129. The Morgan fingerprint density at radius 3 is 2.17 bits per heavy atom. The smallest absolute Gasteiger partial charge is 0.416 e. The van der Waals surface area contributed by atoms with E-state index in [-0.39, 0.29) is 30.9 Å². The van der Waals surface area contributed by atoms with Gasteiger partial charge in [0.2, 0.25) is 0 Å². The van der Waals surface area contributed by atoms with E-state index in [0.717, 1.165) is 6.07 Å². The van der Waals surface area contributed by atoms with Gasteiger partial charge in [0, 0.05) is 5.56 Å². The van der Waals surface area contributed by atoms with Crippen LogP contribution >= 0.6 is 0 Å². The minimum atomic E-state index is -4.51. The summed E-state index contributed by atoms with van der Waals surface area (Å²) in [5.41, 5.74) is -0.972. The van der Waals surface area contributed by atoms with Gasteiger partial charge in [0.15, 0.2) is 0 Å². The van der Waals surface area contributed by atoms with Crippen LogP contribution in [0.3, 0.4) is 0 Å². The first kappa shape index (κ1) is 19.0. The monoisotopic (exact) mass is 332 g/mol. The molecule has 128 valence electrons. The van der Waals surface area contributed by atoms with Gasteiger partial charge < -0.3 is 9.47 Å². The number of rotatable bonds is 7. The van der Waals surface area contributed by atoms with Gasteiger partial charge >= 0.3 is 18.1 Å². The molecule has 0 unspecified atom stereocenters. The maximum Gasteiger partial charge on any atom is 0.416 e. The van der Waals surface area contributed by atoms with Crippen molar-refractivity contribution in [1.82, 2.24) is 0 Å². The summed E-state index contributed by atoms with van der Waals surface area (Å²) in [5.74, 6) is -1.10. The molecule has 0 bridgehead atoms. The molecule has 0 aliphatic heterocycles. The average molecular weight is 332 g/mol. The first-order valence-electron chi connectivity index (χ1n) is 7.16. The molecule has 0 N–H and O–H groups in total.